The van der Waals surface area contributed by atoms with E-state index in [9.17, 15) is 26.7 Å². The highest BCUT2D eigenvalue weighted by Crippen LogP contribution is 2.38. The van der Waals surface area contributed by atoms with Crippen molar-refractivity contribution in [1.82, 2.24) is 4.90 Å². The maximum atomic E-state index is 14.3. The molecular weight excluding hydrogens is 444 g/mol. The van der Waals surface area contributed by atoms with Gasteiger partial charge in [-0.25, -0.2) is 22.0 Å². The van der Waals surface area contributed by atoms with E-state index in [0.29, 0.717) is 19.0 Å². The lowest BCUT2D eigenvalue weighted by molar-refractivity contribution is 0.0736. The number of nitrogens with zero attached hydrogens (tertiary/aromatic N) is 1. The highest BCUT2D eigenvalue weighted by Gasteiger charge is 2.37. The Morgan fingerprint density at radius 1 is 0.781 bits per heavy atom. The zero-order chi connectivity index (χ0) is 22.8. The number of halogens is 5. The Hall–Kier alpha value is -2.79. The summed E-state index contributed by atoms with van der Waals surface area (Å²) in [5.74, 6) is -11.9. The topological polar surface area (TPSA) is 20.3 Å². The van der Waals surface area contributed by atoms with Gasteiger partial charge in [-0.3, -0.25) is 4.79 Å². The molecule has 1 heterocycles. The number of hydrogen-bond acceptors (Lipinski definition) is 1. The van der Waals surface area contributed by atoms with Gasteiger partial charge in [0.1, 0.15) is 5.56 Å². The number of rotatable bonds is 5. The minimum atomic E-state index is -2.27. The summed E-state index contributed by atoms with van der Waals surface area (Å²) >= 11 is 0. The maximum absolute atomic E-state index is 14.3. The zero-order valence-electron chi connectivity index (χ0n) is 16.9. The van der Waals surface area contributed by atoms with Crippen molar-refractivity contribution in [2.75, 3.05) is 12.7 Å². The first-order valence-electron chi connectivity index (χ1n) is 10.1. The van der Waals surface area contributed by atoms with Crippen LogP contribution in [-0.2, 0) is 0 Å². The first-order valence-corrected chi connectivity index (χ1v) is 11.6. The van der Waals surface area contributed by atoms with Gasteiger partial charge in [0.05, 0.1) is 0 Å². The number of carbonyl (C=O) groups is 1. The van der Waals surface area contributed by atoms with Gasteiger partial charge < -0.3 is 4.90 Å². The average Bonchev–Trinajstić information content (AvgIpc) is 3.29. The molecule has 1 atom stereocenters. The fraction of sp³-hybridized carbons (Fsp3) is 0.208. The van der Waals surface area contributed by atoms with Gasteiger partial charge in [0.2, 0.25) is 5.82 Å². The van der Waals surface area contributed by atoms with E-state index >= 15 is 0 Å². The normalized spacial score (nSPS) is 16.1. The number of amides is 1. The number of hydrogen-bond donors (Lipinski definition) is 0. The van der Waals surface area contributed by atoms with Gasteiger partial charge in [-0.05, 0) is 37.5 Å². The van der Waals surface area contributed by atoms with Crippen molar-refractivity contribution < 1.29 is 26.7 Å². The molecule has 0 aliphatic carbocycles. The summed E-state index contributed by atoms with van der Waals surface area (Å²) in [6.07, 6.45) is 1.68. The van der Waals surface area contributed by atoms with E-state index in [-0.39, 0.29) is 12.6 Å². The molecule has 0 radical (unpaired) electrons. The molecule has 3 aromatic carbocycles. The van der Waals surface area contributed by atoms with Gasteiger partial charge in [0, 0.05) is 12.6 Å². The predicted octanol–water partition coefficient (Wildman–Crippen LogP) is 5.12. The number of likely N-dealkylation sites (tertiary alicyclic amines) is 1. The van der Waals surface area contributed by atoms with E-state index in [1.165, 1.54) is 4.90 Å². The fourth-order valence-electron chi connectivity index (χ4n) is 4.02. The van der Waals surface area contributed by atoms with Crippen LogP contribution in [0.4, 0.5) is 22.0 Å². The summed E-state index contributed by atoms with van der Waals surface area (Å²) in [6.45, 7) is 0.190. The molecule has 32 heavy (non-hydrogen) atoms. The molecule has 1 aliphatic heterocycles. The Kier molecular flexibility index (Phi) is 6.56. The standard InChI is InChI=1S/C24H19F5NOP/c25-19-18(20(26)22(28)23(29)21(19)27)24(31)30-13-7-8-15(30)14-32(16-9-3-1-4-10-16)17-11-5-2-6-12-17/h1-6,9-12,15H,7-8,13-14H2/t15-/m0/s1. The summed E-state index contributed by atoms with van der Waals surface area (Å²) in [5, 5.41) is 2.15. The van der Waals surface area contributed by atoms with Crippen LogP contribution in [0.25, 0.3) is 0 Å². The molecule has 0 aromatic heterocycles. The van der Waals surface area contributed by atoms with Crippen LogP contribution in [0.3, 0.4) is 0 Å². The van der Waals surface area contributed by atoms with Gasteiger partial charge >= 0.3 is 0 Å². The van der Waals surface area contributed by atoms with E-state index in [1.54, 1.807) is 0 Å². The van der Waals surface area contributed by atoms with Crippen molar-refractivity contribution in [3.05, 3.63) is 95.3 Å². The lowest BCUT2D eigenvalue weighted by Gasteiger charge is -2.29. The Morgan fingerprint density at radius 2 is 1.25 bits per heavy atom. The smallest absolute Gasteiger partial charge is 0.260 e. The Balaban J connectivity index is 1.67. The quantitative estimate of drug-likeness (QED) is 0.223. The molecule has 0 bridgehead atoms. The van der Waals surface area contributed by atoms with E-state index < -0.39 is 48.5 Å². The zero-order valence-corrected chi connectivity index (χ0v) is 17.8. The second kappa shape index (κ2) is 9.37. The van der Waals surface area contributed by atoms with Crippen LogP contribution in [0.2, 0.25) is 0 Å². The van der Waals surface area contributed by atoms with Crippen molar-refractivity contribution >= 4 is 24.4 Å². The van der Waals surface area contributed by atoms with Gasteiger partial charge in [0.15, 0.2) is 23.3 Å². The van der Waals surface area contributed by atoms with E-state index in [0.717, 1.165) is 10.6 Å². The van der Waals surface area contributed by atoms with E-state index in [2.05, 4.69) is 0 Å². The van der Waals surface area contributed by atoms with Crippen molar-refractivity contribution in [3.8, 4) is 0 Å². The molecule has 3 aromatic rings. The SMILES string of the molecule is O=C(c1c(F)c(F)c(F)c(F)c1F)N1CCC[C@H]1CP(c1ccccc1)c1ccccc1. The van der Waals surface area contributed by atoms with Crippen LogP contribution in [0.5, 0.6) is 0 Å². The van der Waals surface area contributed by atoms with Crippen molar-refractivity contribution in [2.45, 2.75) is 18.9 Å². The molecule has 0 N–H and O–H groups in total. The molecule has 1 saturated heterocycles. The predicted molar refractivity (Wildman–Crippen MR) is 114 cm³/mol. The first-order chi connectivity index (χ1) is 15.4. The second-order valence-electron chi connectivity index (χ2n) is 7.52. The highest BCUT2D eigenvalue weighted by molar-refractivity contribution is 7.73. The maximum Gasteiger partial charge on any atom is 0.260 e. The van der Waals surface area contributed by atoms with Crippen LogP contribution < -0.4 is 10.6 Å². The monoisotopic (exact) mass is 463 g/mol. The third-order valence-electron chi connectivity index (χ3n) is 5.59. The van der Waals surface area contributed by atoms with Gasteiger partial charge in [-0.1, -0.05) is 60.7 Å². The molecule has 1 fully saturated rings. The third-order valence-corrected chi connectivity index (χ3v) is 8.22. The Bertz CT molecular complexity index is 1060. The van der Waals surface area contributed by atoms with Crippen LogP contribution in [0.15, 0.2) is 60.7 Å². The molecule has 0 saturated carbocycles. The summed E-state index contributed by atoms with van der Waals surface area (Å²) in [6, 6.07) is 19.0. The molecule has 0 unspecified atom stereocenters. The van der Waals surface area contributed by atoms with Crippen LogP contribution in [-0.4, -0.2) is 29.6 Å². The van der Waals surface area contributed by atoms with Crippen LogP contribution >= 0.6 is 7.92 Å². The molecule has 1 aliphatic rings. The summed E-state index contributed by atoms with van der Waals surface area (Å²) in [7, 11) is -0.905. The largest absolute Gasteiger partial charge is 0.335 e. The van der Waals surface area contributed by atoms with Gasteiger partial charge in [0.25, 0.3) is 5.91 Å². The minimum absolute atomic E-state index is 0.190. The molecule has 1 amide bonds. The fourth-order valence-corrected chi connectivity index (χ4v) is 6.60. The summed E-state index contributed by atoms with van der Waals surface area (Å²) < 4.78 is 69.3. The van der Waals surface area contributed by atoms with Crippen molar-refractivity contribution in [3.63, 3.8) is 0 Å². The van der Waals surface area contributed by atoms with Crippen molar-refractivity contribution in [2.24, 2.45) is 0 Å². The Morgan fingerprint density at radius 3 is 1.75 bits per heavy atom. The first kappa shape index (κ1) is 22.4. The van der Waals surface area contributed by atoms with Crippen molar-refractivity contribution in [1.29, 1.82) is 0 Å². The third kappa shape index (κ3) is 4.14. The lowest BCUT2D eigenvalue weighted by Crippen LogP contribution is -2.39. The van der Waals surface area contributed by atoms with E-state index in [1.807, 2.05) is 60.7 Å². The summed E-state index contributed by atoms with van der Waals surface area (Å²) in [4.78, 5) is 14.2. The van der Waals surface area contributed by atoms with Gasteiger partial charge in [-0.2, -0.15) is 0 Å². The summed E-state index contributed by atoms with van der Waals surface area (Å²) in [5.41, 5.74) is -1.39. The van der Waals surface area contributed by atoms with Crippen LogP contribution in [0.1, 0.15) is 23.2 Å². The second-order valence-corrected chi connectivity index (χ2v) is 9.78. The van der Waals surface area contributed by atoms with E-state index in [4.69, 9.17) is 0 Å². The average molecular weight is 463 g/mol. The van der Waals surface area contributed by atoms with Gasteiger partial charge in [-0.15, -0.1) is 0 Å². The molecular formula is C24H19F5NOP. The molecule has 4 rings (SSSR count). The number of benzene rings is 3. The molecule has 2 nitrogen and oxygen atoms in total. The molecule has 166 valence electrons. The number of carbonyl (C=O) groups excluding carboxylic acids is 1. The minimum Gasteiger partial charge on any atom is -0.335 e. The highest BCUT2D eigenvalue weighted by atomic mass is 31.1. The molecule has 8 heteroatoms. The lowest BCUT2D eigenvalue weighted by atomic mass is 10.1. The Labute approximate surface area is 183 Å². The van der Waals surface area contributed by atoms with Crippen LogP contribution in [0, 0.1) is 29.1 Å². The molecule has 0 spiro atoms.